The third-order valence-corrected chi connectivity index (χ3v) is 6.83. The molecule has 0 atom stereocenters. The van der Waals surface area contributed by atoms with Crippen LogP contribution in [0.15, 0.2) is 53.6 Å². The van der Waals surface area contributed by atoms with Crippen molar-refractivity contribution in [3.05, 3.63) is 75.8 Å². The lowest BCUT2D eigenvalue weighted by Gasteiger charge is -2.20. The van der Waals surface area contributed by atoms with Gasteiger partial charge in [-0.1, -0.05) is 48.4 Å². The molecule has 1 fully saturated rings. The molecule has 0 spiro atoms. The van der Waals surface area contributed by atoms with Gasteiger partial charge in [-0.15, -0.1) is 5.10 Å². The van der Waals surface area contributed by atoms with Gasteiger partial charge in [0.25, 0.3) is 5.56 Å². The number of hydrogen-bond acceptors (Lipinski definition) is 6. The highest BCUT2D eigenvalue weighted by Crippen LogP contribution is 2.36. The van der Waals surface area contributed by atoms with Crippen molar-refractivity contribution in [2.24, 2.45) is 0 Å². The first-order valence-electron chi connectivity index (χ1n) is 11.5. The van der Waals surface area contributed by atoms with Gasteiger partial charge in [-0.3, -0.25) is 4.79 Å². The molecule has 0 unspecified atom stereocenters. The second-order valence-corrected chi connectivity index (χ2v) is 8.90. The molecule has 0 amide bonds. The number of fused-ring (bicyclic) bond motifs is 3. The molecule has 33 heavy (non-hydrogen) atoms. The Labute approximate surface area is 191 Å². The van der Waals surface area contributed by atoms with Gasteiger partial charge in [0.05, 0.1) is 18.4 Å². The van der Waals surface area contributed by atoms with Crippen LogP contribution < -0.4 is 11.3 Å². The number of hydrogen-bond donors (Lipinski definition) is 1. The normalized spacial score (nSPS) is 15.4. The lowest BCUT2D eigenvalue weighted by Crippen LogP contribution is -2.26. The highest BCUT2D eigenvalue weighted by molar-refractivity contribution is 5.76. The number of aryl methyl sites for hydroxylation is 1. The van der Waals surface area contributed by atoms with Gasteiger partial charge in [0.1, 0.15) is 11.4 Å². The molecule has 2 aliphatic rings. The lowest BCUT2D eigenvalue weighted by molar-refractivity contribution is 0.496. The minimum Gasteiger partial charge on any atom is -0.368 e. The topological polar surface area (TPSA) is 105 Å². The summed E-state index contributed by atoms with van der Waals surface area (Å²) in [6.07, 6.45) is 9.99. The van der Waals surface area contributed by atoms with Crippen molar-refractivity contribution in [1.82, 2.24) is 29.5 Å². The van der Waals surface area contributed by atoms with Crippen LogP contribution in [0, 0.1) is 0 Å². The van der Waals surface area contributed by atoms with Crippen LogP contribution in [0.4, 0.5) is 5.95 Å². The van der Waals surface area contributed by atoms with E-state index in [1.54, 1.807) is 4.68 Å². The molecule has 2 aliphatic carbocycles. The minimum absolute atomic E-state index is 0.0571. The van der Waals surface area contributed by atoms with E-state index in [-0.39, 0.29) is 11.5 Å². The van der Waals surface area contributed by atoms with E-state index < -0.39 is 0 Å². The first-order valence-corrected chi connectivity index (χ1v) is 11.5. The fourth-order valence-corrected chi connectivity index (χ4v) is 5.21. The number of rotatable bonds is 4. The van der Waals surface area contributed by atoms with Gasteiger partial charge < -0.3 is 10.3 Å². The van der Waals surface area contributed by atoms with Crippen LogP contribution in [-0.2, 0) is 19.4 Å². The van der Waals surface area contributed by atoms with Crippen molar-refractivity contribution in [2.45, 2.75) is 51.1 Å². The van der Waals surface area contributed by atoms with E-state index in [9.17, 15) is 4.79 Å². The Bertz CT molecular complexity index is 1400. The molecule has 166 valence electrons. The first kappa shape index (κ1) is 19.8. The molecule has 0 aliphatic heterocycles. The highest BCUT2D eigenvalue weighted by Gasteiger charge is 2.24. The monoisotopic (exact) mass is 439 g/mol. The van der Waals surface area contributed by atoms with Crippen LogP contribution in [0.25, 0.3) is 22.6 Å². The molecule has 6 rings (SSSR count). The zero-order valence-corrected chi connectivity index (χ0v) is 18.3. The Morgan fingerprint density at radius 3 is 2.70 bits per heavy atom. The third kappa shape index (κ3) is 3.51. The van der Waals surface area contributed by atoms with Crippen molar-refractivity contribution in [3.8, 4) is 22.6 Å². The van der Waals surface area contributed by atoms with Crippen molar-refractivity contribution < 1.29 is 0 Å². The smallest absolute Gasteiger partial charge is 0.255 e. The quantitative estimate of drug-likeness (QED) is 0.523. The summed E-state index contributed by atoms with van der Waals surface area (Å²) in [6, 6.07) is 12.4. The van der Waals surface area contributed by atoms with Crippen molar-refractivity contribution in [3.63, 3.8) is 0 Å². The number of nitrogen functional groups attached to an aromatic ring is 1. The maximum absolute atomic E-state index is 13.1. The van der Waals surface area contributed by atoms with Crippen molar-refractivity contribution in [2.75, 3.05) is 5.73 Å². The summed E-state index contributed by atoms with van der Waals surface area (Å²) in [7, 11) is 0. The Morgan fingerprint density at radius 1 is 1.00 bits per heavy atom. The summed E-state index contributed by atoms with van der Waals surface area (Å²) in [5.41, 5.74) is 12.5. The van der Waals surface area contributed by atoms with Crippen LogP contribution in [0.5, 0.6) is 0 Å². The number of anilines is 1. The van der Waals surface area contributed by atoms with Crippen molar-refractivity contribution >= 4 is 5.95 Å². The molecule has 3 heterocycles. The van der Waals surface area contributed by atoms with Crippen LogP contribution >= 0.6 is 0 Å². The predicted octanol–water partition coefficient (Wildman–Crippen LogP) is 3.41. The molecular formula is C25H25N7O. The number of benzene rings is 1. The Hall–Kier alpha value is -3.81. The molecule has 2 N–H and O–H groups in total. The zero-order valence-electron chi connectivity index (χ0n) is 18.3. The molecule has 1 aromatic carbocycles. The van der Waals surface area contributed by atoms with Crippen LogP contribution in [0.1, 0.15) is 48.4 Å². The molecule has 8 heteroatoms. The van der Waals surface area contributed by atoms with E-state index in [1.165, 1.54) is 18.4 Å². The second kappa shape index (κ2) is 7.95. The van der Waals surface area contributed by atoms with Gasteiger partial charge in [0.15, 0.2) is 0 Å². The molecule has 8 nitrogen and oxygen atoms in total. The summed E-state index contributed by atoms with van der Waals surface area (Å²) in [5.74, 6) is 0.220. The summed E-state index contributed by atoms with van der Waals surface area (Å²) < 4.78 is 3.59. The molecule has 0 radical (unpaired) electrons. The Morgan fingerprint density at radius 2 is 1.82 bits per heavy atom. The van der Waals surface area contributed by atoms with E-state index in [0.717, 1.165) is 48.2 Å². The van der Waals surface area contributed by atoms with E-state index in [4.69, 9.17) is 5.73 Å². The van der Waals surface area contributed by atoms with Gasteiger partial charge >= 0.3 is 0 Å². The average molecular weight is 440 g/mol. The van der Waals surface area contributed by atoms with Gasteiger partial charge in [-0.2, -0.15) is 0 Å². The largest absolute Gasteiger partial charge is 0.368 e. The fraction of sp³-hybridized carbons (Fsp3) is 0.320. The van der Waals surface area contributed by atoms with E-state index in [1.807, 2.05) is 41.2 Å². The molecular weight excluding hydrogens is 414 g/mol. The van der Waals surface area contributed by atoms with Gasteiger partial charge in [0.2, 0.25) is 5.95 Å². The number of pyridine rings is 1. The molecule has 3 aromatic heterocycles. The molecule has 0 saturated heterocycles. The van der Waals surface area contributed by atoms with Gasteiger partial charge in [-0.05, 0) is 37.3 Å². The Kier molecular flexibility index (Phi) is 4.78. The zero-order chi connectivity index (χ0) is 22.4. The Balaban J connectivity index is 1.34. The molecule has 0 bridgehead atoms. The standard InChI is InChI=1S/C25H25N7O/c26-25-27-22-19-10-4-1-6-16(19)11-12-20(22)23(28-25)21-15-31(30-29-21)14-17-7-5-13-32(24(17)33)18-8-2-3-9-18/h1,4-7,10,13,15,18H,2-3,8-9,11-12,14H2,(H2,26,27,28). The fourth-order valence-electron chi connectivity index (χ4n) is 5.21. The third-order valence-electron chi connectivity index (χ3n) is 6.83. The second-order valence-electron chi connectivity index (χ2n) is 8.90. The molecule has 4 aromatic rings. The first-order chi connectivity index (χ1) is 16.2. The maximum atomic E-state index is 13.1. The van der Waals surface area contributed by atoms with Crippen LogP contribution in [0.2, 0.25) is 0 Å². The highest BCUT2D eigenvalue weighted by atomic mass is 16.1. The summed E-state index contributed by atoms with van der Waals surface area (Å²) in [6.45, 7) is 0.366. The van der Waals surface area contributed by atoms with Gasteiger partial charge in [0, 0.05) is 28.9 Å². The van der Waals surface area contributed by atoms with Crippen LogP contribution in [0.3, 0.4) is 0 Å². The maximum Gasteiger partial charge on any atom is 0.255 e. The minimum atomic E-state index is 0.0571. The van der Waals surface area contributed by atoms with E-state index in [0.29, 0.717) is 23.8 Å². The van der Waals surface area contributed by atoms with Crippen LogP contribution in [-0.4, -0.2) is 29.5 Å². The summed E-state index contributed by atoms with van der Waals surface area (Å²) in [5, 5.41) is 8.67. The lowest BCUT2D eigenvalue weighted by atomic mass is 9.88. The summed E-state index contributed by atoms with van der Waals surface area (Å²) in [4.78, 5) is 22.1. The number of aromatic nitrogens is 6. The average Bonchev–Trinajstić information content (AvgIpc) is 3.52. The SMILES string of the molecule is Nc1nc(-c2cn(Cc3cccn(C4CCCC4)c3=O)nn2)c2c(n1)-c1ccccc1CC2. The van der Waals surface area contributed by atoms with E-state index in [2.05, 4.69) is 32.4 Å². The van der Waals surface area contributed by atoms with E-state index >= 15 is 0 Å². The van der Waals surface area contributed by atoms with Gasteiger partial charge in [-0.25, -0.2) is 14.6 Å². The summed E-state index contributed by atoms with van der Waals surface area (Å²) >= 11 is 0. The molecule has 1 saturated carbocycles. The number of nitrogens with zero attached hydrogens (tertiary/aromatic N) is 6. The predicted molar refractivity (Wildman–Crippen MR) is 126 cm³/mol. The number of nitrogens with two attached hydrogens (primary N) is 1. The van der Waals surface area contributed by atoms with Crippen molar-refractivity contribution in [1.29, 1.82) is 0 Å².